The van der Waals surface area contributed by atoms with Gasteiger partial charge in [0.15, 0.2) is 0 Å². The first-order valence-corrected chi connectivity index (χ1v) is 8.25. The lowest BCUT2D eigenvalue weighted by molar-refractivity contribution is 0.253. The van der Waals surface area contributed by atoms with Crippen molar-refractivity contribution in [2.24, 2.45) is 0 Å². The van der Waals surface area contributed by atoms with Gasteiger partial charge in [-0.25, -0.2) is 8.42 Å². The summed E-state index contributed by atoms with van der Waals surface area (Å²) in [4.78, 5) is 0. The minimum Gasteiger partial charge on any atom is -0.490 e. The summed E-state index contributed by atoms with van der Waals surface area (Å²) in [5.74, 6) is 0.446. The monoisotopic (exact) mass is 300 g/mol. The van der Waals surface area contributed by atoms with Gasteiger partial charge < -0.3 is 10.5 Å². The molecule has 0 aliphatic rings. The second kappa shape index (κ2) is 6.45. The van der Waals surface area contributed by atoms with Crippen LogP contribution in [0.2, 0.25) is 0 Å². The smallest absolute Gasteiger partial charge is 0.217 e. The molecular formula is C14H24N2O3S. The molecule has 0 radical (unpaired) electrons. The maximum absolute atomic E-state index is 12.2. The van der Waals surface area contributed by atoms with Crippen molar-refractivity contribution in [3.05, 3.63) is 24.3 Å². The average Bonchev–Trinajstić information content (AvgIpc) is 2.40. The molecule has 0 bridgehead atoms. The Morgan fingerprint density at radius 2 is 1.90 bits per heavy atom. The van der Waals surface area contributed by atoms with Gasteiger partial charge in [0.1, 0.15) is 12.4 Å². The third kappa shape index (κ3) is 4.11. The second-order valence-corrected chi connectivity index (χ2v) is 7.46. The molecule has 1 aromatic carbocycles. The predicted octanol–water partition coefficient (Wildman–Crippen LogP) is 2.10. The van der Waals surface area contributed by atoms with E-state index in [9.17, 15) is 8.42 Å². The van der Waals surface area contributed by atoms with E-state index in [1.807, 2.05) is 20.8 Å². The zero-order valence-corrected chi connectivity index (χ0v) is 13.4. The van der Waals surface area contributed by atoms with E-state index in [4.69, 9.17) is 10.5 Å². The van der Waals surface area contributed by atoms with Crippen LogP contribution in [0.3, 0.4) is 0 Å². The summed E-state index contributed by atoms with van der Waals surface area (Å²) in [5.41, 5.74) is 5.84. The van der Waals surface area contributed by atoms with Gasteiger partial charge in [-0.15, -0.1) is 0 Å². The van der Waals surface area contributed by atoms with Crippen molar-refractivity contribution in [1.29, 1.82) is 0 Å². The molecule has 1 rings (SSSR count). The number of ether oxygens (including phenoxy) is 1. The van der Waals surface area contributed by atoms with E-state index in [0.717, 1.165) is 6.42 Å². The van der Waals surface area contributed by atoms with E-state index < -0.39 is 15.6 Å². The van der Waals surface area contributed by atoms with Gasteiger partial charge in [0.05, 0.1) is 11.4 Å². The van der Waals surface area contributed by atoms with Crippen LogP contribution < -0.4 is 10.5 Å². The van der Waals surface area contributed by atoms with Gasteiger partial charge in [0.25, 0.3) is 0 Å². The van der Waals surface area contributed by atoms with Crippen molar-refractivity contribution in [2.45, 2.75) is 32.7 Å². The van der Waals surface area contributed by atoms with Crippen molar-refractivity contribution in [3.63, 3.8) is 0 Å². The molecule has 6 heteroatoms. The summed E-state index contributed by atoms with van der Waals surface area (Å²) >= 11 is 0. The van der Waals surface area contributed by atoms with Gasteiger partial charge in [-0.1, -0.05) is 19.1 Å². The van der Waals surface area contributed by atoms with Crippen molar-refractivity contribution >= 4 is 15.7 Å². The Labute approximate surface area is 121 Å². The first-order chi connectivity index (χ1) is 9.20. The molecule has 2 N–H and O–H groups in total. The molecule has 0 aliphatic carbocycles. The molecule has 0 spiro atoms. The van der Waals surface area contributed by atoms with Crippen LogP contribution in [0.5, 0.6) is 5.75 Å². The summed E-state index contributed by atoms with van der Waals surface area (Å²) in [7, 11) is -1.74. The zero-order valence-electron chi connectivity index (χ0n) is 12.6. The fraction of sp³-hybridized carbons (Fsp3) is 0.571. The molecule has 0 atom stereocenters. The summed E-state index contributed by atoms with van der Waals surface area (Å²) in [6.45, 7) is 5.86. The quantitative estimate of drug-likeness (QED) is 0.783. The maximum Gasteiger partial charge on any atom is 0.217 e. The Balaban J connectivity index is 2.63. The topological polar surface area (TPSA) is 72.6 Å². The highest BCUT2D eigenvalue weighted by atomic mass is 32.2. The van der Waals surface area contributed by atoms with Gasteiger partial charge >= 0.3 is 0 Å². The van der Waals surface area contributed by atoms with Gasteiger partial charge in [-0.3, -0.25) is 0 Å². The Hall–Kier alpha value is -1.27. The third-order valence-electron chi connectivity index (χ3n) is 3.65. The van der Waals surface area contributed by atoms with Crippen LogP contribution in [-0.4, -0.2) is 37.7 Å². The Bertz CT molecular complexity index is 541. The number of nitrogen functional groups attached to an aromatic ring is 1. The highest BCUT2D eigenvalue weighted by Crippen LogP contribution is 2.22. The van der Waals surface area contributed by atoms with Gasteiger partial charge in [-0.05, 0) is 32.4 Å². The zero-order chi connectivity index (χ0) is 15.4. The van der Waals surface area contributed by atoms with Gasteiger partial charge in [-0.2, -0.15) is 4.31 Å². The van der Waals surface area contributed by atoms with Crippen LogP contribution in [-0.2, 0) is 10.0 Å². The fourth-order valence-electron chi connectivity index (χ4n) is 1.61. The summed E-state index contributed by atoms with van der Waals surface area (Å²) in [5, 5.41) is 0. The predicted molar refractivity (Wildman–Crippen MR) is 82.3 cm³/mol. The van der Waals surface area contributed by atoms with Crippen molar-refractivity contribution < 1.29 is 13.2 Å². The molecule has 0 heterocycles. The van der Waals surface area contributed by atoms with E-state index in [0.29, 0.717) is 11.4 Å². The van der Waals surface area contributed by atoms with E-state index in [-0.39, 0.29) is 12.4 Å². The Kier molecular flexibility index (Phi) is 5.42. The number of nitrogens with two attached hydrogens (primary N) is 1. The number of hydrogen-bond acceptors (Lipinski definition) is 4. The molecule has 0 amide bonds. The number of para-hydroxylation sites is 2. The molecule has 0 unspecified atom stereocenters. The van der Waals surface area contributed by atoms with Crippen LogP contribution in [0.1, 0.15) is 27.2 Å². The number of nitrogens with zero attached hydrogens (tertiary/aromatic N) is 1. The summed E-state index contributed by atoms with van der Waals surface area (Å²) in [6.07, 6.45) is 0.745. The summed E-state index contributed by atoms with van der Waals surface area (Å²) in [6, 6.07) is 7.04. The molecule has 0 aliphatic heterocycles. The molecule has 114 valence electrons. The van der Waals surface area contributed by atoms with E-state index in [1.165, 1.54) is 4.31 Å². The lowest BCUT2D eigenvalue weighted by atomic mass is 10.0. The summed E-state index contributed by atoms with van der Waals surface area (Å²) < 4.78 is 31.3. The molecule has 20 heavy (non-hydrogen) atoms. The number of rotatable bonds is 7. The highest BCUT2D eigenvalue weighted by molar-refractivity contribution is 7.89. The minimum absolute atomic E-state index is 0.0682. The molecule has 0 aromatic heterocycles. The van der Waals surface area contributed by atoms with Crippen molar-refractivity contribution in [3.8, 4) is 5.75 Å². The number of hydrogen-bond donors (Lipinski definition) is 1. The average molecular weight is 300 g/mol. The van der Waals surface area contributed by atoms with Crippen LogP contribution in [0.4, 0.5) is 5.69 Å². The molecule has 0 saturated heterocycles. The van der Waals surface area contributed by atoms with Gasteiger partial charge in [0, 0.05) is 12.6 Å². The van der Waals surface area contributed by atoms with Crippen LogP contribution >= 0.6 is 0 Å². The lowest BCUT2D eigenvalue weighted by Gasteiger charge is -2.33. The SMILES string of the molecule is CCC(C)(C)N(C)S(=O)(=O)CCOc1ccccc1N. The normalized spacial score (nSPS) is 12.7. The second-order valence-electron chi connectivity index (χ2n) is 5.34. The number of sulfonamides is 1. The fourth-order valence-corrected chi connectivity index (χ4v) is 3.05. The molecular weight excluding hydrogens is 276 g/mol. The third-order valence-corrected chi connectivity index (χ3v) is 5.66. The van der Waals surface area contributed by atoms with E-state index in [1.54, 1.807) is 31.3 Å². The first kappa shape index (κ1) is 16.8. The van der Waals surface area contributed by atoms with Crippen LogP contribution in [0, 0.1) is 0 Å². The molecule has 0 saturated carbocycles. The number of anilines is 1. The molecule has 0 fully saturated rings. The van der Waals surface area contributed by atoms with Crippen molar-refractivity contribution in [2.75, 3.05) is 25.1 Å². The van der Waals surface area contributed by atoms with Crippen LogP contribution in [0.15, 0.2) is 24.3 Å². The van der Waals surface area contributed by atoms with E-state index >= 15 is 0 Å². The highest BCUT2D eigenvalue weighted by Gasteiger charge is 2.31. The molecule has 1 aromatic rings. The standard InChI is InChI=1S/C14H24N2O3S/c1-5-14(2,3)16(4)20(17,18)11-10-19-13-9-7-6-8-12(13)15/h6-9H,5,10-11,15H2,1-4H3. The van der Waals surface area contributed by atoms with Crippen molar-refractivity contribution in [1.82, 2.24) is 4.31 Å². The Morgan fingerprint density at radius 3 is 2.45 bits per heavy atom. The number of benzene rings is 1. The van der Waals surface area contributed by atoms with Gasteiger partial charge in [0.2, 0.25) is 10.0 Å². The first-order valence-electron chi connectivity index (χ1n) is 6.64. The lowest BCUT2D eigenvalue weighted by Crippen LogP contribution is -2.46. The largest absolute Gasteiger partial charge is 0.490 e. The Morgan fingerprint density at radius 1 is 1.30 bits per heavy atom. The maximum atomic E-state index is 12.2. The molecule has 5 nitrogen and oxygen atoms in total. The van der Waals surface area contributed by atoms with Crippen LogP contribution in [0.25, 0.3) is 0 Å². The minimum atomic E-state index is -3.35. The van der Waals surface area contributed by atoms with E-state index in [2.05, 4.69) is 0 Å².